The van der Waals surface area contributed by atoms with E-state index in [4.69, 9.17) is 9.47 Å². The maximum absolute atomic E-state index is 12.8. The second-order valence-electron chi connectivity index (χ2n) is 7.18. The van der Waals surface area contributed by atoms with E-state index in [0.29, 0.717) is 6.61 Å². The molecule has 0 saturated heterocycles. The summed E-state index contributed by atoms with van der Waals surface area (Å²) in [7, 11) is 0. The lowest BCUT2D eigenvalue weighted by Gasteiger charge is -2.28. The van der Waals surface area contributed by atoms with Crippen molar-refractivity contribution < 1.29 is 19.1 Å². The molecular formula is C20H32O4. The lowest BCUT2D eigenvalue weighted by molar-refractivity contribution is -0.165. The van der Waals surface area contributed by atoms with Gasteiger partial charge in [-0.05, 0) is 51.4 Å². The van der Waals surface area contributed by atoms with Crippen LogP contribution < -0.4 is 0 Å². The van der Waals surface area contributed by atoms with Crippen LogP contribution in [-0.4, -0.2) is 24.6 Å². The largest absolute Gasteiger partial charge is 0.466 e. The minimum Gasteiger partial charge on any atom is -0.466 e. The quantitative estimate of drug-likeness (QED) is 0.358. The van der Waals surface area contributed by atoms with E-state index in [0.717, 1.165) is 38.5 Å². The van der Waals surface area contributed by atoms with E-state index in [1.54, 1.807) is 6.92 Å². The first kappa shape index (κ1) is 19.0. The van der Waals surface area contributed by atoms with Crippen LogP contribution in [0.15, 0.2) is 11.6 Å². The highest BCUT2D eigenvalue weighted by Gasteiger charge is 2.55. The van der Waals surface area contributed by atoms with Gasteiger partial charge in [0.05, 0.1) is 18.4 Å². The van der Waals surface area contributed by atoms with Crippen LogP contribution in [0.25, 0.3) is 0 Å². The standard InChI is InChI=1S/C20H32O4/c1-5-8-9-10-15(6-2)24-20(22)18-16-12-14(11-13(16)4)17(18)19(21)23-7-3/h11,14-18H,5-10,12H2,1-4H3. The van der Waals surface area contributed by atoms with Gasteiger partial charge in [0, 0.05) is 0 Å². The molecule has 2 aliphatic rings. The molecule has 0 N–H and O–H groups in total. The third-order valence-electron chi connectivity index (χ3n) is 5.57. The summed E-state index contributed by atoms with van der Waals surface area (Å²) in [6, 6.07) is 0. The topological polar surface area (TPSA) is 52.6 Å². The maximum atomic E-state index is 12.8. The highest BCUT2D eigenvalue weighted by atomic mass is 16.5. The third kappa shape index (κ3) is 4.01. The van der Waals surface area contributed by atoms with Crippen LogP contribution >= 0.6 is 0 Å². The Morgan fingerprint density at radius 2 is 1.92 bits per heavy atom. The predicted molar refractivity (Wildman–Crippen MR) is 93.3 cm³/mol. The number of carbonyl (C=O) groups excluding carboxylic acids is 2. The summed E-state index contributed by atoms with van der Waals surface area (Å²) in [6.45, 7) is 8.44. The normalized spacial score (nSPS) is 29.2. The van der Waals surface area contributed by atoms with E-state index in [9.17, 15) is 9.59 Å². The van der Waals surface area contributed by atoms with Crippen molar-refractivity contribution in [2.75, 3.05) is 6.61 Å². The van der Waals surface area contributed by atoms with E-state index >= 15 is 0 Å². The minimum absolute atomic E-state index is 0.0321. The fourth-order valence-electron chi connectivity index (χ4n) is 4.29. The van der Waals surface area contributed by atoms with Crippen LogP contribution in [0.3, 0.4) is 0 Å². The third-order valence-corrected chi connectivity index (χ3v) is 5.57. The van der Waals surface area contributed by atoms with Gasteiger partial charge in [0.15, 0.2) is 0 Å². The number of unbranched alkanes of at least 4 members (excludes halogenated alkanes) is 2. The van der Waals surface area contributed by atoms with Crippen molar-refractivity contribution in [3.05, 3.63) is 11.6 Å². The smallest absolute Gasteiger partial charge is 0.310 e. The summed E-state index contributed by atoms with van der Waals surface area (Å²) in [5.41, 5.74) is 1.22. The van der Waals surface area contributed by atoms with Gasteiger partial charge in [-0.1, -0.05) is 38.3 Å². The Labute approximate surface area is 146 Å². The average Bonchev–Trinajstić information content (AvgIpc) is 3.10. The van der Waals surface area contributed by atoms with Crippen molar-refractivity contribution in [3.63, 3.8) is 0 Å². The SMILES string of the molecule is CCCCCC(CC)OC(=O)C1C2CC(C=C2C)C1C(=O)OCC. The second-order valence-corrected chi connectivity index (χ2v) is 7.18. The van der Waals surface area contributed by atoms with Gasteiger partial charge in [-0.15, -0.1) is 0 Å². The fourth-order valence-corrected chi connectivity index (χ4v) is 4.29. The summed E-state index contributed by atoms with van der Waals surface area (Å²) < 4.78 is 11.0. The van der Waals surface area contributed by atoms with Crippen LogP contribution in [0, 0.1) is 23.7 Å². The molecule has 4 heteroatoms. The Bertz CT molecular complexity index is 482. The van der Waals surface area contributed by atoms with Crippen LogP contribution in [0.1, 0.15) is 66.2 Å². The number of esters is 2. The number of ether oxygens (including phenoxy) is 2. The number of rotatable bonds is 9. The molecule has 5 unspecified atom stereocenters. The fraction of sp³-hybridized carbons (Fsp3) is 0.800. The molecule has 5 atom stereocenters. The molecule has 0 spiro atoms. The van der Waals surface area contributed by atoms with Crippen molar-refractivity contribution in [1.29, 1.82) is 0 Å². The average molecular weight is 336 g/mol. The Morgan fingerprint density at radius 3 is 2.54 bits per heavy atom. The number of fused-ring (bicyclic) bond motifs is 2. The molecule has 1 saturated carbocycles. The van der Waals surface area contributed by atoms with Crippen molar-refractivity contribution in [2.45, 2.75) is 72.3 Å². The number of hydrogen-bond donors (Lipinski definition) is 0. The summed E-state index contributed by atoms with van der Waals surface area (Å²) in [4.78, 5) is 25.2. The molecule has 4 nitrogen and oxygen atoms in total. The molecule has 0 aliphatic heterocycles. The van der Waals surface area contributed by atoms with Crippen LogP contribution in [0.4, 0.5) is 0 Å². The Hall–Kier alpha value is -1.32. The van der Waals surface area contributed by atoms with E-state index in [1.165, 1.54) is 5.57 Å². The van der Waals surface area contributed by atoms with E-state index < -0.39 is 0 Å². The summed E-state index contributed by atoms with van der Waals surface area (Å²) in [5.74, 6) is -0.888. The number of allylic oxidation sites excluding steroid dienone is 2. The maximum Gasteiger partial charge on any atom is 0.310 e. The molecule has 2 bridgehead atoms. The van der Waals surface area contributed by atoms with Gasteiger partial charge >= 0.3 is 11.9 Å². The molecule has 0 amide bonds. The van der Waals surface area contributed by atoms with Crippen LogP contribution in [0.2, 0.25) is 0 Å². The molecule has 1 fully saturated rings. The second kappa shape index (κ2) is 8.68. The highest BCUT2D eigenvalue weighted by Crippen LogP contribution is 2.52. The minimum atomic E-state index is -0.362. The zero-order valence-corrected chi connectivity index (χ0v) is 15.5. The van der Waals surface area contributed by atoms with Crippen molar-refractivity contribution in [1.82, 2.24) is 0 Å². The van der Waals surface area contributed by atoms with Crippen molar-refractivity contribution in [3.8, 4) is 0 Å². The lowest BCUT2D eigenvalue weighted by Crippen LogP contribution is -2.37. The van der Waals surface area contributed by atoms with Crippen molar-refractivity contribution in [2.24, 2.45) is 23.7 Å². The van der Waals surface area contributed by atoms with E-state index in [2.05, 4.69) is 26.8 Å². The molecule has 24 heavy (non-hydrogen) atoms. The molecular weight excluding hydrogens is 304 g/mol. The monoisotopic (exact) mass is 336 g/mol. The van der Waals surface area contributed by atoms with E-state index in [-0.39, 0.29) is 41.7 Å². The Kier molecular flexibility index (Phi) is 6.88. The zero-order valence-electron chi connectivity index (χ0n) is 15.5. The molecule has 136 valence electrons. The van der Waals surface area contributed by atoms with Crippen molar-refractivity contribution >= 4 is 11.9 Å². The van der Waals surface area contributed by atoms with Crippen LogP contribution in [0.5, 0.6) is 0 Å². The first-order valence-electron chi connectivity index (χ1n) is 9.58. The molecule has 0 heterocycles. The summed E-state index contributed by atoms with van der Waals surface area (Å²) >= 11 is 0. The van der Waals surface area contributed by atoms with Gasteiger partial charge in [-0.3, -0.25) is 9.59 Å². The molecule has 2 rings (SSSR count). The molecule has 0 aromatic heterocycles. The van der Waals surface area contributed by atoms with Crippen LogP contribution in [-0.2, 0) is 19.1 Å². The first-order chi connectivity index (χ1) is 11.5. The predicted octanol–water partition coefficient (Wildman–Crippen LogP) is 4.28. The molecule has 0 radical (unpaired) electrons. The van der Waals surface area contributed by atoms with Gasteiger partial charge in [0.2, 0.25) is 0 Å². The van der Waals surface area contributed by atoms with E-state index in [1.807, 2.05) is 0 Å². The first-order valence-corrected chi connectivity index (χ1v) is 9.58. The number of hydrogen-bond acceptors (Lipinski definition) is 4. The van der Waals surface area contributed by atoms with Gasteiger partial charge in [-0.25, -0.2) is 0 Å². The lowest BCUT2D eigenvalue weighted by atomic mass is 9.80. The Morgan fingerprint density at radius 1 is 1.17 bits per heavy atom. The molecule has 0 aromatic carbocycles. The summed E-state index contributed by atoms with van der Waals surface area (Å²) in [6.07, 6.45) is 8.14. The van der Waals surface area contributed by atoms with Gasteiger partial charge in [0.25, 0.3) is 0 Å². The zero-order chi connectivity index (χ0) is 17.7. The van der Waals surface area contributed by atoms with Gasteiger partial charge in [-0.2, -0.15) is 0 Å². The summed E-state index contributed by atoms with van der Waals surface area (Å²) in [5, 5.41) is 0. The van der Waals surface area contributed by atoms with Gasteiger partial charge < -0.3 is 9.47 Å². The molecule has 0 aromatic rings. The Balaban J connectivity index is 2.05. The molecule has 2 aliphatic carbocycles. The highest BCUT2D eigenvalue weighted by molar-refractivity contribution is 5.84. The number of carbonyl (C=O) groups is 2. The van der Waals surface area contributed by atoms with Gasteiger partial charge in [0.1, 0.15) is 6.10 Å².